The first-order valence-corrected chi connectivity index (χ1v) is 4.92. The third-order valence-electron chi connectivity index (χ3n) is 2.69. The number of halogens is 2. The van der Waals surface area contributed by atoms with E-state index in [1.54, 1.807) is 0 Å². The van der Waals surface area contributed by atoms with Crippen LogP contribution in [0.1, 0.15) is 25.7 Å². The highest BCUT2D eigenvalue weighted by atomic mass is 19.3. The number of hydrogen-bond acceptors (Lipinski definition) is 3. The molecule has 1 aliphatic rings. The average molecular weight is 222 g/mol. The molecule has 0 aromatic heterocycles. The maximum absolute atomic E-state index is 11.9. The summed E-state index contributed by atoms with van der Waals surface area (Å²) < 4.78 is 28.7. The Morgan fingerprint density at radius 1 is 1.60 bits per heavy atom. The fourth-order valence-corrected chi connectivity index (χ4v) is 1.83. The van der Waals surface area contributed by atoms with Crippen LogP contribution >= 0.6 is 0 Å². The molecule has 0 saturated heterocycles. The average Bonchev–Trinajstić information content (AvgIpc) is 2.15. The van der Waals surface area contributed by atoms with Gasteiger partial charge in [-0.2, -0.15) is 0 Å². The summed E-state index contributed by atoms with van der Waals surface area (Å²) in [5.74, 6) is -0.590. The minimum Gasteiger partial charge on any atom is -0.372 e. The van der Waals surface area contributed by atoms with Gasteiger partial charge in [0.1, 0.15) is 6.61 Å². The van der Waals surface area contributed by atoms with E-state index in [4.69, 9.17) is 16.2 Å². The zero-order chi connectivity index (χ0) is 11.5. The van der Waals surface area contributed by atoms with Crippen LogP contribution in [-0.4, -0.2) is 30.6 Å². The Hall–Kier alpha value is -0.750. The highest BCUT2D eigenvalue weighted by molar-refractivity contribution is 5.84. The first-order valence-electron chi connectivity index (χ1n) is 4.92. The summed E-state index contributed by atoms with van der Waals surface area (Å²) in [7, 11) is 0. The van der Waals surface area contributed by atoms with E-state index in [2.05, 4.69) is 0 Å². The molecule has 4 nitrogen and oxygen atoms in total. The Bertz CT molecular complexity index is 238. The summed E-state index contributed by atoms with van der Waals surface area (Å²) in [5.41, 5.74) is 9.82. The van der Waals surface area contributed by atoms with Crippen LogP contribution < -0.4 is 11.5 Å². The molecular formula is C9H16F2N2O2. The SMILES string of the molecule is NC(=O)C1(N)CCCC(OCC(F)F)C1. The predicted octanol–water partition coefficient (Wildman–Crippen LogP) is 0.393. The highest BCUT2D eigenvalue weighted by Gasteiger charge is 2.38. The molecule has 88 valence electrons. The van der Waals surface area contributed by atoms with Gasteiger partial charge in [-0.05, 0) is 19.3 Å². The van der Waals surface area contributed by atoms with Crippen LogP contribution in [0.3, 0.4) is 0 Å². The number of rotatable bonds is 4. The molecule has 1 saturated carbocycles. The number of carbonyl (C=O) groups excluding carboxylic acids is 1. The van der Waals surface area contributed by atoms with E-state index in [0.717, 1.165) is 0 Å². The second-order valence-electron chi connectivity index (χ2n) is 3.96. The Morgan fingerprint density at radius 3 is 2.80 bits per heavy atom. The summed E-state index contributed by atoms with van der Waals surface area (Å²) in [6.45, 7) is -0.612. The summed E-state index contributed by atoms with van der Waals surface area (Å²) in [6.07, 6.45) is -0.823. The molecule has 0 aromatic rings. The van der Waals surface area contributed by atoms with Crippen molar-refractivity contribution in [3.63, 3.8) is 0 Å². The third-order valence-corrected chi connectivity index (χ3v) is 2.69. The van der Waals surface area contributed by atoms with Crippen LogP contribution in [0.4, 0.5) is 8.78 Å². The second-order valence-corrected chi connectivity index (χ2v) is 3.96. The Kier molecular flexibility index (Phi) is 3.98. The molecular weight excluding hydrogens is 206 g/mol. The van der Waals surface area contributed by atoms with Crippen molar-refractivity contribution in [3.8, 4) is 0 Å². The van der Waals surface area contributed by atoms with Crippen molar-refractivity contribution in [3.05, 3.63) is 0 Å². The van der Waals surface area contributed by atoms with Gasteiger partial charge in [-0.25, -0.2) is 8.78 Å². The van der Waals surface area contributed by atoms with E-state index in [-0.39, 0.29) is 12.5 Å². The molecule has 6 heteroatoms. The minimum atomic E-state index is -2.49. The monoisotopic (exact) mass is 222 g/mol. The van der Waals surface area contributed by atoms with Crippen LogP contribution in [-0.2, 0) is 9.53 Å². The van der Waals surface area contributed by atoms with Crippen molar-refractivity contribution in [1.82, 2.24) is 0 Å². The molecule has 1 fully saturated rings. The summed E-state index contributed by atoms with van der Waals surface area (Å²) in [4.78, 5) is 11.1. The molecule has 0 spiro atoms. The molecule has 4 N–H and O–H groups in total. The summed E-state index contributed by atoms with van der Waals surface area (Å²) >= 11 is 0. The maximum atomic E-state index is 11.9. The highest BCUT2D eigenvalue weighted by Crippen LogP contribution is 2.28. The van der Waals surface area contributed by atoms with Crippen LogP contribution in [0, 0.1) is 0 Å². The van der Waals surface area contributed by atoms with Crippen molar-refractivity contribution >= 4 is 5.91 Å². The van der Waals surface area contributed by atoms with E-state index in [9.17, 15) is 13.6 Å². The number of ether oxygens (including phenoxy) is 1. The van der Waals surface area contributed by atoms with Gasteiger partial charge in [-0.1, -0.05) is 0 Å². The lowest BCUT2D eigenvalue weighted by Gasteiger charge is -2.35. The normalized spacial score (nSPS) is 31.9. The van der Waals surface area contributed by atoms with Crippen LogP contribution in [0.5, 0.6) is 0 Å². The van der Waals surface area contributed by atoms with Gasteiger partial charge in [-0.3, -0.25) is 4.79 Å². The molecule has 2 unspecified atom stereocenters. The fourth-order valence-electron chi connectivity index (χ4n) is 1.83. The fraction of sp³-hybridized carbons (Fsp3) is 0.889. The van der Waals surface area contributed by atoms with Crippen LogP contribution in [0.15, 0.2) is 0 Å². The zero-order valence-corrected chi connectivity index (χ0v) is 8.42. The second kappa shape index (κ2) is 4.85. The number of primary amides is 1. The smallest absolute Gasteiger partial charge is 0.261 e. The lowest BCUT2D eigenvalue weighted by Crippen LogP contribution is -2.56. The van der Waals surface area contributed by atoms with Gasteiger partial charge in [0.25, 0.3) is 6.43 Å². The lowest BCUT2D eigenvalue weighted by atomic mass is 9.80. The van der Waals surface area contributed by atoms with Gasteiger partial charge in [0.05, 0.1) is 11.6 Å². The number of nitrogens with two attached hydrogens (primary N) is 2. The maximum Gasteiger partial charge on any atom is 0.261 e. The molecule has 1 amide bonds. The van der Waals surface area contributed by atoms with Crippen LogP contribution in [0.2, 0.25) is 0 Å². The molecule has 15 heavy (non-hydrogen) atoms. The molecule has 0 aromatic carbocycles. The Balaban J connectivity index is 2.45. The largest absolute Gasteiger partial charge is 0.372 e. The first kappa shape index (κ1) is 12.3. The summed E-state index contributed by atoms with van der Waals surface area (Å²) in [5, 5.41) is 0. The molecule has 0 radical (unpaired) electrons. The van der Waals surface area contributed by atoms with Gasteiger partial charge in [0, 0.05) is 6.42 Å². The number of hydrogen-bond donors (Lipinski definition) is 2. The molecule has 2 atom stereocenters. The van der Waals surface area contributed by atoms with Crippen molar-refractivity contribution < 1.29 is 18.3 Å². The lowest BCUT2D eigenvalue weighted by molar-refractivity contribution is -0.127. The molecule has 0 aliphatic heterocycles. The quantitative estimate of drug-likeness (QED) is 0.722. The molecule has 1 aliphatic carbocycles. The zero-order valence-electron chi connectivity index (χ0n) is 8.42. The standard InChI is InChI=1S/C9H16F2N2O2/c10-7(11)5-15-6-2-1-3-9(13,4-6)8(12)14/h6-7H,1-5,13H2,(H2,12,14). The molecule has 1 rings (SSSR count). The van der Waals surface area contributed by atoms with Gasteiger partial charge < -0.3 is 16.2 Å². The van der Waals surface area contributed by atoms with Crippen molar-refractivity contribution in [2.75, 3.05) is 6.61 Å². The van der Waals surface area contributed by atoms with Gasteiger partial charge >= 0.3 is 0 Å². The predicted molar refractivity (Wildman–Crippen MR) is 50.3 cm³/mol. The van der Waals surface area contributed by atoms with E-state index in [1.807, 2.05) is 0 Å². The first-order chi connectivity index (χ1) is 6.94. The van der Waals surface area contributed by atoms with E-state index in [0.29, 0.717) is 19.3 Å². The number of amides is 1. The van der Waals surface area contributed by atoms with E-state index >= 15 is 0 Å². The third kappa shape index (κ3) is 3.39. The van der Waals surface area contributed by atoms with Crippen molar-refractivity contribution in [1.29, 1.82) is 0 Å². The van der Waals surface area contributed by atoms with Gasteiger partial charge in [-0.15, -0.1) is 0 Å². The van der Waals surface area contributed by atoms with Crippen LogP contribution in [0.25, 0.3) is 0 Å². The number of carbonyl (C=O) groups is 1. The minimum absolute atomic E-state index is 0.231. The molecule has 0 bridgehead atoms. The van der Waals surface area contributed by atoms with E-state index in [1.165, 1.54) is 0 Å². The summed E-state index contributed by atoms with van der Waals surface area (Å²) in [6, 6.07) is 0. The topological polar surface area (TPSA) is 78.3 Å². The van der Waals surface area contributed by atoms with Gasteiger partial charge in [0.15, 0.2) is 0 Å². The van der Waals surface area contributed by atoms with Crippen molar-refractivity contribution in [2.24, 2.45) is 11.5 Å². The Morgan fingerprint density at radius 2 is 2.27 bits per heavy atom. The Labute approximate surface area is 86.9 Å². The number of alkyl halides is 2. The van der Waals surface area contributed by atoms with Gasteiger partial charge in [0.2, 0.25) is 5.91 Å². The van der Waals surface area contributed by atoms with Crippen molar-refractivity contribution in [2.45, 2.75) is 43.8 Å². The van der Waals surface area contributed by atoms with E-state index < -0.39 is 24.5 Å². The molecule has 0 heterocycles.